The fourth-order valence-electron chi connectivity index (χ4n) is 11.5. The van der Waals surface area contributed by atoms with E-state index in [9.17, 15) is 19.8 Å². The van der Waals surface area contributed by atoms with Gasteiger partial charge in [-0.15, -0.1) is 0 Å². The predicted molar refractivity (Wildman–Crippen MR) is 252 cm³/mol. The van der Waals surface area contributed by atoms with Crippen LogP contribution in [0.3, 0.4) is 0 Å². The predicted octanol–water partition coefficient (Wildman–Crippen LogP) is 12.9. The summed E-state index contributed by atoms with van der Waals surface area (Å²) in [6, 6.07) is 0. The number of esters is 2. The van der Waals surface area contributed by atoms with Crippen LogP contribution in [0.5, 0.6) is 0 Å². The van der Waals surface area contributed by atoms with E-state index < -0.39 is 75.0 Å². The van der Waals surface area contributed by atoms with Gasteiger partial charge in [0, 0.05) is 47.8 Å². The maximum atomic E-state index is 15.0. The van der Waals surface area contributed by atoms with Gasteiger partial charge in [-0.3, -0.25) is 19.2 Å². The molecule has 0 amide bonds. The van der Waals surface area contributed by atoms with E-state index in [1.807, 2.05) is 62.3 Å². The molecule has 2 rings (SSSR count). The van der Waals surface area contributed by atoms with Crippen LogP contribution in [0.2, 0.25) is 0 Å². The Kier molecular flexibility index (Phi) is 23.5. The fourth-order valence-corrected chi connectivity index (χ4v) is 11.5. The van der Waals surface area contributed by atoms with E-state index in [0.29, 0.717) is 51.4 Å². The van der Waals surface area contributed by atoms with Crippen LogP contribution in [0.25, 0.3) is 0 Å². The first-order valence-corrected chi connectivity index (χ1v) is 25.4. The van der Waals surface area contributed by atoms with E-state index in [1.165, 1.54) is 77.0 Å². The Morgan fingerprint density at radius 2 is 0.758 bits per heavy atom. The third-order valence-electron chi connectivity index (χ3n) is 13.9. The summed E-state index contributed by atoms with van der Waals surface area (Å²) in [5.74, 6) is -7.85. The lowest BCUT2D eigenvalue weighted by atomic mass is 9.58. The van der Waals surface area contributed by atoms with E-state index >= 15 is 9.59 Å². The van der Waals surface area contributed by atoms with Crippen molar-refractivity contribution in [3.63, 3.8) is 0 Å². The zero-order valence-corrected chi connectivity index (χ0v) is 41.9. The number of nitrogens with one attached hydrogen (secondary N) is 2. The number of carboxylic acid groups (broad SMARTS) is 2. The Morgan fingerprint density at radius 1 is 0.500 bits per heavy atom. The average Bonchev–Trinajstić information content (AvgIpc) is 3.11. The third-order valence-corrected chi connectivity index (χ3v) is 13.9. The number of carboxylic acids is 2. The molecule has 2 aliphatic rings. The zero-order chi connectivity index (χ0) is 46.7. The van der Waals surface area contributed by atoms with Crippen molar-refractivity contribution in [3.8, 4) is 0 Å². The maximum absolute atomic E-state index is 15.0. The van der Waals surface area contributed by atoms with Crippen LogP contribution in [0.4, 0.5) is 0 Å². The quantitative estimate of drug-likeness (QED) is 0.0292. The smallest absolute Gasteiger partial charge is 0.336 e. The Morgan fingerprint density at radius 3 is 1.00 bits per heavy atom. The topological polar surface area (TPSA) is 151 Å². The number of ether oxygens (including phenoxy) is 2. The number of rotatable bonds is 32. The first kappa shape index (κ1) is 55.9. The summed E-state index contributed by atoms with van der Waals surface area (Å²) in [6.45, 7) is 22.2. The highest BCUT2D eigenvalue weighted by Crippen LogP contribution is 2.51. The molecule has 2 heterocycles. The van der Waals surface area contributed by atoms with Crippen LogP contribution < -0.4 is 10.6 Å². The van der Waals surface area contributed by atoms with E-state index in [2.05, 4.69) is 24.5 Å². The molecule has 2 aliphatic heterocycles. The maximum Gasteiger partial charge on any atom is 0.336 e. The largest absolute Gasteiger partial charge is 0.481 e. The Hall–Kier alpha value is -2.20. The Labute approximate surface area is 379 Å². The molecule has 2 saturated heterocycles. The number of unbranched alkanes of at least 4 members (excludes halogenated alkanes) is 20. The van der Waals surface area contributed by atoms with Gasteiger partial charge in [0.05, 0.1) is 5.92 Å². The lowest BCUT2D eigenvalue weighted by Crippen LogP contribution is -2.64. The summed E-state index contributed by atoms with van der Waals surface area (Å²) in [5.41, 5.74) is -6.19. The van der Waals surface area contributed by atoms with E-state index in [0.717, 1.165) is 51.4 Å². The van der Waals surface area contributed by atoms with Crippen LogP contribution in [-0.4, -0.2) is 68.5 Å². The van der Waals surface area contributed by atoms with Gasteiger partial charge in [-0.25, -0.2) is 0 Å². The van der Waals surface area contributed by atoms with Crippen molar-refractivity contribution in [2.45, 2.75) is 290 Å². The highest BCUT2D eigenvalue weighted by molar-refractivity contribution is 6.20. The van der Waals surface area contributed by atoms with Crippen molar-refractivity contribution in [2.24, 2.45) is 16.7 Å². The second-order valence-corrected chi connectivity index (χ2v) is 22.8. The molecule has 0 aromatic carbocycles. The van der Waals surface area contributed by atoms with E-state index in [4.69, 9.17) is 9.47 Å². The molecule has 2 fully saturated rings. The van der Waals surface area contributed by atoms with Crippen LogP contribution >= 0.6 is 0 Å². The van der Waals surface area contributed by atoms with Gasteiger partial charge in [-0.1, -0.05) is 162 Å². The number of piperidine rings is 2. The SMILES string of the molecule is CCCCCCCCCCCCCC(C)(CCCCCCCCCCCCC)C(C(=O)O)C(C(=O)O)(C(=O)OC1CC(C)(C)NC(C)(C)C1)C(=O)OC1CC(C)(C)NC(C)(C)C1. The molecule has 62 heavy (non-hydrogen) atoms. The molecular formula is C52H96N2O8. The Bertz CT molecular complexity index is 1250. The van der Waals surface area contributed by atoms with Crippen LogP contribution in [0.1, 0.15) is 256 Å². The van der Waals surface area contributed by atoms with Crippen LogP contribution in [0, 0.1) is 16.7 Å². The highest BCUT2D eigenvalue weighted by Gasteiger charge is 2.69. The lowest BCUT2D eigenvalue weighted by molar-refractivity contribution is -0.204. The van der Waals surface area contributed by atoms with Crippen molar-refractivity contribution >= 4 is 23.9 Å². The summed E-state index contributed by atoms with van der Waals surface area (Å²) >= 11 is 0. The van der Waals surface area contributed by atoms with Gasteiger partial charge in [0.2, 0.25) is 0 Å². The third kappa shape index (κ3) is 18.7. The van der Waals surface area contributed by atoms with Crippen molar-refractivity contribution in [2.75, 3.05) is 0 Å². The van der Waals surface area contributed by atoms with Gasteiger partial charge in [0.1, 0.15) is 12.2 Å². The minimum absolute atomic E-state index is 0.370. The standard InChI is InChI=1S/C52H96N2O8/c1-12-14-16-18-20-22-24-26-28-30-32-34-51(11,35-33-31-29-27-25-23-21-19-17-15-13-2)42(43(55)56)52(44(57)58,45(59)61-40-36-47(3,4)53-48(5,6)37-40)46(60)62-41-38-49(7,8)54-50(9,10)39-41/h40-42,53-54H,12-39H2,1-11H3,(H,55,56)(H,57,58). The number of hydrogen-bond acceptors (Lipinski definition) is 8. The van der Waals surface area contributed by atoms with Gasteiger partial charge in [0.25, 0.3) is 5.41 Å². The second-order valence-electron chi connectivity index (χ2n) is 22.8. The molecule has 0 aromatic heterocycles. The van der Waals surface area contributed by atoms with Crippen LogP contribution in [0.15, 0.2) is 0 Å². The average molecular weight is 877 g/mol. The molecule has 4 N–H and O–H groups in total. The number of aliphatic carboxylic acids is 2. The van der Waals surface area contributed by atoms with Crippen molar-refractivity contribution < 1.29 is 38.9 Å². The first-order valence-electron chi connectivity index (χ1n) is 25.4. The first-order chi connectivity index (χ1) is 29.0. The molecule has 0 aliphatic carbocycles. The molecule has 362 valence electrons. The zero-order valence-electron chi connectivity index (χ0n) is 41.9. The van der Waals surface area contributed by atoms with Crippen molar-refractivity contribution in [3.05, 3.63) is 0 Å². The minimum atomic E-state index is -3.12. The van der Waals surface area contributed by atoms with Gasteiger partial charge in [-0.05, 0) is 73.6 Å². The summed E-state index contributed by atoms with van der Waals surface area (Å²) in [6.07, 6.45) is 25.4. The summed E-state index contributed by atoms with van der Waals surface area (Å²) in [5, 5.41) is 30.0. The molecule has 10 heteroatoms. The monoisotopic (exact) mass is 877 g/mol. The molecule has 1 atom stereocenters. The number of carbonyl (C=O) groups is 4. The van der Waals surface area contributed by atoms with Crippen LogP contribution in [-0.2, 0) is 28.7 Å². The van der Waals surface area contributed by atoms with Crippen molar-refractivity contribution in [1.29, 1.82) is 0 Å². The van der Waals surface area contributed by atoms with Gasteiger partial charge >= 0.3 is 23.9 Å². The van der Waals surface area contributed by atoms with Gasteiger partial charge in [-0.2, -0.15) is 0 Å². The molecule has 0 spiro atoms. The lowest BCUT2D eigenvalue weighted by Gasteiger charge is -2.48. The van der Waals surface area contributed by atoms with Gasteiger partial charge in [0.15, 0.2) is 0 Å². The number of carbonyl (C=O) groups excluding carboxylic acids is 2. The molecule has 0 radical (unpaired) electrons. The minimum Gasteiger partial charge on any atom is -0.481 e. The highest BCUT2D eigenvalue weighted by atomic mass is 16.6. The number of hydrogen-bond donors (Lipinski definition) is 4. The molecule has 10 nitrogen and oxygen atoms in total. The molecule has 0 saturated carbocycles. The van der Waals surface area contributed by atoms with E-state index in [-0.39, 0.29) is 0 Å². The van der Waals surface area contributed by atoms with Gasteiger partial charge < -0.3 is 30.3 Å². The molecule has 0 aromatic rings. The van der Waals surface area contributed by atoms with Crippen molar-refractivity contribution in [1.82, 2.24) is 10.6 Å². The summed E-state index contributed by atoms with van der Waals surface area (Å²) in [4.78, 5) is 58.2. The summed E-state index contributed by atoms with van der Waals surface area (Å²) < 4.78 is 12.4. The summed E-state index contributed by atoms with van der Waals surface area (Å²) in [7, 11) is 0. The fraction of sp³-hybridized carbons (Fsp3) is 0.923. The Balaban J connectivity index is 2.51. The molecule has 1 unspecified atom stereocenters. The molecule has 0 bridgehead atoms. The molecular weight excluding hydrogens is 781 g/mol. The second kappa shape index (κ2) is 26.1. The van der Waals surface area contributed by atoms with E-state index in [1.54, 1.807) is 0 Å². The normalized spacial score (nSPS) is 19.5.